The molecular formula is C13H21NO. The van der Waals surface area contributed by atoms with Crippen LogP contribution >= 0.6 is 0 Å². The highest BCUT2D eigenvalue weighted by Crippen LogP contribution is 2.02. The van der Waals surface area contributed by atoms with Gasteiger partial charge in [0.2, 0.25) is 0 Å². The summed E-state index contributed by atoms with van der Waals surface area (Å²) >= 11 is 0. The van der Waals surface area contributed by atoms with Gasteiger partial charge in [-0.3, -0.25) is 0 Å². The number of rotatable bonds is 7. The Labute approximate surface area is 92.6 Å². The summed E-state index contributed by atoms with van der Waals surface area (Å²) in [4.78, 5) is 0. The van der Waals surface area contributed by atoms with Gasteiger partial charge in [-0.15, -0.1) is 0 Å². The Morgan fingerprint density at radius 2 is 2.00 bits per heavy atom. The van der Waals surface area contributed by atoms with Crippen LogP contribution in [0.4, 0.5) is 0 Å². The highest BCUT2D eigenvalue weighted by atomic mass is 16.5. The zero-order valence-electron chi connectivity index (χ0n) is 9.70. The maximum atomic E-state index is 5.77. The molecule has 15 heavy (non-hydrogen) atoms. The van der Waals surface area contributed by atoms with E-state index >= 15 is 0 Å². The van der Waals surface area contributed by atoms with Crippen molar-refractivity contribution in [2.75, 3.05) is 20.2 Å². The van der Waals surface area contributed by atoms with E-state index in [0.717, 1.165) is 26.0 Å². The fourth-order valence-electron chi connectivity index (χ4n) is 1.54. The van der Waals surface area contributed by atoms with Gasteiger partial charge in [-0.1, -0.05) is 37.3 Å². The topological polar surface area (TPSA) is 21.3 Å². The normalized spacial score (nSPS) is 12.7. The molecule has 1 N–H and O–H groups in total. The zero-order valence-corrected chi connectivity index (χ0v) is 9.70. The molecule has 1 aromatic rings. The minimum atomic E-state index is 0.346. The van der Waals surface area contributed by atoms with Crippen molar-refractivity contribution in [3.8, 4) is 0 Å². The third-order valence-electron chi connectivity index (χ3n) is 2.47. The summed E-state index contributed by atoms with van der Waals surface area (Å²) in [6.07, 6.45) is 2.41. The van der Waals surface area contributed by atoms with E-state index in [-0.39, 0.29) is 0 Å². The van der Waals surface area contributed by atoms with Crippen LogP contribution in [0.15, 0.2) is 30.3 Å². The SMILES string of the molecule is CCC(CNC)OCCc1ccccc1. The molecule has 1 aromatic carbocycles. The Hall–Kier alpha value is -0.860. The average molecular weight is 207 g/mol. The van der Waals surface area contributed by atoms with Crippen molar-refractivity contribution in [3.63, 3.8) is 0 Å². The quantitative estimate of drug-likeness (QED) is 0.740. The van der Waals surface area contributed by atoms with Crippen LogP contribution in [0, 0.1) is 0 Å². The van der Waals surface area contributed by atoms with Gasteiger partial charge in [0.15, 0.2) is 0 Å². The van der Waals surface area contributed by atoms with E-state index in [1.807, 2.05) is 13.1 Å². The summed E-state index contributed by atoms with van der Waals surface area (Å²) in [5, 5.41) is 3.14. The third-order valence-corrected chi connectivity index (χ3v) is 2.47. The van der Waals surface area contributed by atoms with Crippen LogP contribution in [-0.4, -0.2) is 26.3 Å². The number of ether oxygens (including phenoxy) is 1. The number of nitrogens with one attached hydrogen (secondary N) is 1. The summed E-state index contributed by atoms with van der Waals surface area (Å²) in [5.41, 5.74) is 1.34. The van der Waals surface area contributed by atoms with Gasteiger partial charge in [-0.05, 0) is 25.5 Å². The van der Waals surface area contributed by atoms with Crippen molar-refractivity contribution >= 4 is 0 Å². The Morgan fingerprint density at radius 3 is 2.60 bits per heavy atom. The second-order valence-corrected chi connectivity index (χ2v) is 3.69. The van der Waals surface area contributed by atoms with Crippen molar-refractivity contribution in [2.45, 2.75) is 25.9 Å². The van der Waals surface area contributed by atoms with E-state index in [2.05, 4.69) is 36.5 Å². The zero-order chi connectivity index (χ0) is 10.9. The number of benzene rings is 1. The monoisotopic (exact) mass is 207 g/mol. The summed E-state index contributed by atoms with van der Waals surface area (Å²) < 4.78 is 5.77. The van der Waals surface area contributed by atoms with Gasteiger partial charge in [0, 0.05) is 6.54 Å². The van der Waals surface area contributed by atoms with Gasteiger partial charge in [0.25, 0.3) is 0 Å². The predicted octanol–water partition coefficient (Wildman–Crippen LogP) is 2.24. The molecular weight excluding hydrogens is 186 g/mol. The van der Waals surface area contributed by atoms with E-state index in [0.29, 0.717) is 6.10 Å². The first-order valence-electron chi connectivity index (χ1n) is 5.67. The van der Waals surface area contributed by atoms with E-state index in [1.165, 1.54) is 5.56 Å². The molecule has 0 aliphatic carbocycles. The molecule has 1 atom stereocenters. The molecule has 0 spiro atoms. The average Bonchev–Trinajstić information content (AvgIpc) is 2.29. The van der Waals surface area contributed by atoms with Crippen molar-refractivity contribution < 1.29 is 4.74 Å². The molecule has 0 radical (unpaired) electrons. The summed E-state index contributed by atoms with van der Waals surface area (Å²) in [6, 6.07) is 10.5. The van der Waals surface area contributed by atoms with Gasteiger partial charge in [-0.2, -0.15) is 0 Å². The van der Waals surface area contributed by atoms with Crippen molar-refractivity contribution in [1.29, 1.82) is 0 Å². The third kappa shape index (κ3) is 4.96. The van der Waals surface area contributed by atoms with E-state index in [9.17, 15) is 0 Å². The molecule has 2 heteroatoms. The molecule has 1 rings (SSSR count). The minimum absolute atomic E-state index is 0.346. The molecule has 1 unspecified atom stereocenters. The molecule has 0 bridgehead atoms. The summed E-state index contributed by atoms with van der Waals surface area (Å²) in [5.74, 6) is 0. The van der Waals surface area contributed by atoms with Gasteiger partial charge in [-0.25, -0.2) is 0 Å². The summed E-state index contributed by atoms with van der Waals surface area (Å²) in [6.45, 7) is 3.90. The molecule has 0 aromatic heterocycles. The largest absolute Gasteiger partial charge is 0.377 e. The first kappa shape index (κ1) is 12.2. The van der Waals surface area contributed by atoms with Crippen LogP contribution in [0.2, 0.25) is 0 Å². The van der Waals surface area contributed by atoms with Crippen LogP contribution in [0.5, 0.6) is 0 Å². The maximum Gasteiger partial charge on any atom is 0.0696 e. The predicted molar refractivity (Wildman–Crippen MR) is 64.1 cm³/mol. The van der Waals surface area contributed by atoms with Gasteiger partial charge in [0.05, 0.1) is 12.7 Å². The molecule has 0 fully saturated rings. The Bertz CT molecular complexity index is 248. The van der Waals surface area contributed by atoms with E-state index in [4.69, 9.17) is 4.74 Å². The van der Waals surface area contributed by atoms with Crippen LogP contribution in [0.1, 0.15) is 18.9 Å². The van der Waals surface area contributed by atoms with Crippen LogP contribution in [0.3, 0.4) is 0 Å². The van der Waals surface area contributed by atoms with Crippen molar-refractivity contribution in [1.82, 2.24) is 5.32 Å². The van der Waals surface area contributed by atoms with Crippen LogP contribution < -0.4 is 5.32 Å². The number of likely N-dealkylation sites (N-methyl/N-ethyl adjacent to an activating group) is 1. The lowest BCUT2D eigenvalue weighted by atomic mass is 10.2. The van der Waals surface area contributed by atoms with E-state index < -0.39 is 0 Å². The van der Waals surface area contributed by atoms with Gasteiger partial charge in [0.1, 0.15) is 0 Å². The first-order valence-corrected chi connectivity index (χ1v) is 5.67. The van der Waals surface area contributed by atoms with E-state index in [1.54, 1.807) is 0 Å². The first-order chi connectivity index (χ1) is 7.36. The molecule has 84 valence electrons. The smallest absolute Gasteiger partial charge is 0.0696 e. The number of hydrogen-bond acceptors (Lipinski definition) is 2. The minimum Gasteiger partial charge on any atom is -0.377 e. The van der Waals surface area contributed by atoms with Gasteiger partial charge < -0.3 is 10.1 Å². The Kier molecular flexibility index (Phi) is 6.05. The fraction of sp³-hybridized carbons (Fsp3) is 0.538. The standard InChI is InChI=1S/C13H21NO/c1-3-13(11-14-2)15-10-9-12-7-5-4-6-8-12/h4-8,13-14H,3,9-11H2,1-2H3. The lowest BCUT2D eigenvalue weighted by Gasteiger charge is -2.15. The Balaban J connectivity index is 2.20. The van der Waals surface area contributed by atoms with Crippen molar-refractivity contribution in [2.24, 2.45) is 0 Å². The molecule has 0 saturated carbocycles. The molecule has 0 heterocycles. The molecule has 0 aliphatic heterocycles. The molecule has 0 saturated heterocycles. The lowest BCUT2D eigenvalue weighted by Crippen LogP contribution is -2.26. The van der Waals surface area contributed by atoms with Crippen LogP contribution in [-0.2, 0) is 11.2 Å². The maximum absolute atomic E-state index is 5.77. The molecule has 2 nitrogen and oxygen atoms in total. The molecule has 0 amide bonds. The highest BCUT2D eigenvalue weighted by Gasteiger charge is 2.04. The van der Waals surface area contributed by atoms with Crippen LogP contribution in [0.25, 0.3) is 0 Å². The summed E-state index contributed by atoms with van der Waals surface area (Å²) in [7, 11) is 1.96. The number of hydrogen-bond donors (Lipinski definition) is 1. The highest BCUT2D eigenvalue weighted by molar-refractivity contribution is 5.14. The Morgan fingerprint density at radius 1 is 1.27 bits per heavy atom. The van der Waals surface area contributed by atoms with Crippen molar-refractivity contribution in [3.05, 3.63) is 35.9 Å². The lowest BCUT2D eigenvalue weighted by molar-refractivity contribution is 0.0542. The molecule has 0 aliphatic rings. The second kappa shape index (κ2) is 7.43. The van der Waals surface area contributed by atoms with Gasteiger partial charge >= 0.3 is 0 Å². The fourth-order valence-corrected chi connectivity index (χ4v) is 1.54. The second-order valence-electron chi connectivity index (χ2n) is 3.69.